The first-order chi connectivity index (χ1) is 13.4. The first kappa shape index (κ1) is 18.3. The Bertz CT molecular complexity index is 1110. The first-order valence-electron chi connectivity index (χ1n) is 8.87. The van der Waals surface area contributed by atoms with Crippen molar-refractivity contribution in [3.63, 3.8) is 0 Å². The Labute approximate surface area is 164 Å². The van der Waals surface area contributed by atoms with Gasteiger partial charge in [-0.25, -0.2) is 8.42 Å². The second-order valence-electron chi connectivity index (χ2n) is 6.75. The Morgan fingerprint density at radius 1 is 0.893 bits per heavy atom. The molecule has 0 aromatic heterocycles. The molecule has 28 heavy (non-hydrogen) atoms. The summed E-state index contributed by atoms with van der Waals surface area (Å²) in [7, 11) is -3.64. The zero-order valence-electron chi connectivity index (χ0n) is 15.3. The van der Waals surface area contributed by atoms with Gasteiger partial charge in [-0.3, -0.25) is 9.69 Å². The summed E-state index contributed by atoms with van der Waals surface area (Å²) in [5.74, 6) is 0.382. The van der Waals surface area contributed by atoms with E-state index >= 15 is 0 Å². The number of hydrogen-bond acceptors (Lipinski definition) is 4. The number of amides is 1. The van der Waals surface area contributed by atoms with Gasteiger partial charge in [0, 0.05) is 5.69 Å². The number of benzene rings is 3. The summed E-state index contributed by atoms with van der Waals surface area (Å²) in [5.41, 5.74) is 2.08. The average molecular weight is 393 g/mol. The number of nitrogens with zero attached hydrogens (tertiary/aromatic N) is 1. The molecule has 0 N–H and O–H groups in total. The summed E-state index contributed by atoms with van der Waals surface area (Å²) in [6, 6.07) is 23.5. The van der Waals surface area contributed by atoms with Crippen LogP contribution in [0.15, 0.2) is 78.9 Å². The van der Waals surface area contributed by atoms with Gasteiger partial charge < -0.3 is 4.74 Å². The van der Waals surface area contributed by atoms with Gasteiger partial charge in [-0.05, 0) is 54.4 Å². The minimum absolute atomic E-state index is 0.416. The predicted octanol–water partition coefficient (Wildman–Crippen LogP) is 4.25. The minimum atomic E-state index is -3.64. The van der Waals surface area contributed by atoms with Gasteiger partial charge in [0.1, 0.15) is 17.3 Å². The van der Waals surface area contributed by atoms with Crippen LogP contribution in [0.25, 0.3) is 0 Å². The van der Waals surface area contributed by atoms with Crippen LogP contribution in [0.5, 0.6) is 11.5 Å². The van der Waals surface area contributed by atoms with Gasteiger partial charge in [0.25, 0.3) is 0 Å². The van der Waals surface area contributed by atoms with Crippen molar-refractivity contribution < 1.29 is 17.9 Å². The molecule has 3 aromatic rings. The fraction of sp³-hybridized carbons (Fsp3) is 0.136. The van der Waals surface area contributed by atoms with E-state index in [2.05, 4.69) is 0 Å². The topological polar surface area (TPSA) is 63.7 Å². The van der Waals surface area contributed by atoms with E-state index < -0.39 is 26.9 Å². The third kappa shape index (κ3) is 3.51. The van der Waals surface area contributed by atoms with E-state index in [1.807, 2.05) is 55.5 Å². The zero-order valence-corrected chi connectivity index (χ0v) is 16.1. The lowest BCUT2D eigenvalue weighted by atomic mass is 10.1. The lowest BCUT2D eigenvalue weighted by Gasteiger charge is -2.24. The van der Waals surface area contributed by atoms with E-state index in [0.717, 1.165) is 5.56 Å². The van der Waals surface area contributed by atoms with Crippen molar-refractivity contribution in [3.05, 3.63) is 90.0 Å². The van der Waals surface area contributed by atoms with Crippen LogP contribution in [-0.4, -0.2) is 20.1 Å². The number of para-hydroxylation sites is 1. The molecule has 1 heterocycles. The maximum atomic E-state index is 12.7. The first-order valence-corrected chi connectivity index (χ1v) is 10.6. The van der Waals surface area contributed by atoms with Crippen LogP contribution in [0.4, 0.5) is 5.69 Å². The molecule has 3 aromatic carbocycles. The largest absolute Gasteiger partial charge is 0.457 e. The van der Waals surface area contributed by atoms with E-state index in [-0.39, 0.29) is 0 Å². The fourth-order valence-corrected chi connectivity index (χ4v) is 5.12. The summed E-state index contributed by atoms with van der Waals surface area (Å²) in [6.45, 7) is 1.91. The van der Waals surface area contributed by atoms with Crippen LogP contribution >= 0.6 is 0 Å². The third-order valence-electron chi connectivity index (χ3n) is 4.59. The number of aryl methyl sites for hydroxylation is 1. The highest BCUT2D eigenvalue weighted by Crippen LogP contribution is 2.38. The number of anilines is 1. The fourth-order valence-electron chi connectivity index (χ4n) is 3.35. The zero-order chi connectivity index (χ0) is 19.7. The number of carbonyl (C=O) groups excluding carboxylic acids is 1. The molecule has 0 saturated carbocycles. The highest BCUT2D eigenvalue weighted by molar-refractivity contribution is 7.93. The average Bonchev–Trinajstić information content (AvgIpc) is 2.91. The normalized spacial score (nSPS) is 18.2. The molecular weight excluding hydrogens is 374 g/mol. The Balaban J connectivity index is 1.68. The van der Waals surface area contributed by atoms with Crippen LogP contribution in [0, 0.1) is 6.92 Å². The molecule has 1 fully saturated rings. The predicted molar refractivity (Wildman–Crippen MR) is 108 cm³/mol. The SMILES string of the molecule is Cc1cccc(N2C(=O)CS(=O)(=O)[C@H]2c2ccc(Oc3ccccc3)cc2)c1. The van der Waals surface area contributed by atoms with Gasteiger partial charge in [-0.15, -0.1) is 0 Å². The standard InChI is InChI=1S/C22H19NO4S/c1-16-6-5-7-18(14-16)23-21(24)15-28(25,26)22(23)17-10-12-20(13-11-17)27-19-8-3-2-4-9-19/h2-14,22H,15H2,1H3/t22-/m0/s1. The van der Waals surface area contributed by atoms with Crippen LogP contribution in [0.2, 0.25) is 0 Å². The van der Waals surface area contributed by atoms with E-state index in [1.54, 1.807) is 30.3 Å². The molecule has 0 radical (unpaired) electrons. The number of ether oxygens (including phenoxy) is 1. The van der Waals surface area contributed by atoms with Gasteiger partial charge in [0.2, 0.25) is 5.91 Å². The van der Waals surface area contributed by atoms with Gasteiger partial charge in [-0.1, -0.05) is 42.5 Å². The summed E-state index contributed by atoms with van der Waals surface area (Å²) < 4.78 is 31.2. The van der Waals surface area contributed by atoms with Gasteiger partial charge in [0.15, 0.2) is 15.2 Å². The highest BCUT2D eigenvalue weighted by atomic mass is 32.2. The Morgan fingerprint density at radius 2 is 1.57 bits per heavy atom. The summed E-state index contributed by atoms with van der Waals surface area (Å²) in [5, 5.41) is -1.03. The number of sulfone groups is 1. The van der Waals surface area contributed by atoms with Crippen molar-refractivity contribution in [1.29, 1.82) is 0 Å². The molecule has 1 saturated heterocycles. The van der Waals surface area contributed by atoms with Crippen molar-refractivity contribution in [2.24, 2.45) is 0 Å². The molecule has 4 rings (SSSR count). The lowest BCUT2D eigenvalue weighted by Crippen LogP contribution is -2.29. The molecular formula is C22H19NO4S. The molecule has 6 heteroatoms. The molecule has 5 nitrogen and oxygen atoms in total. The van der Waals surface area contributed by atoms with E-state index in [4.69, 9.17) is 4.74 Å². The van der Waals surface area contributed by atoms with Crippen LogP contribution in [0.1, 0.15) is 16.5 Å². The maximum Gasteiger partial charge on any atom is 0.243 e. The smallest absolute Gasteiger partial charge is 0.243 e. The van der Waals surface area contributed by atoms with E-state index in [9.17, 15) is 13.2 Å². The van der Waals surface area contributed by atoms with Crippen molar-refractivity contribution in [1.82, 2.24) is 0 Å². The van der Waals surface area contributed by atoms with Crippen molar-refractivity contribution in [2.45, 2.75) is 12.3 Å². The Hall–Kier alpha value is -3.12. The quantitative estimate of drug-likeness (QED) is 0.665. The van der Waals surface area contributed by atoms with E-state index in [1.165, 1.54) is 4.90 Å². The third-order valence-corrected chi connectivity index (χ3v) is 6.40. The molecule has 1 aliphatic rings. The molecule has 0 aliphatic carbocycles. The van der Waals surface area contributed by atoms with E-state index in [0.29, 0.717) is 22.7 Å². The second-order valence-corrected chi connectivity index (χ2v) is 8.81. The van der Waals surface area contributed by atoms with Crippen molar-refractivity contribution in [2.75, 3.05) is 10.7 Å². The Morgan fingerprint density at radius 3 is 2.25 bits per heavy atom. The van der Waals surface area contributed by atoms with Crippen molar-refractivity contribution >= 4 is 21.4 Å². The van der Waals surface area contributed by atoms with Gasteiger partial charge in [-0.2, -0.15) is 0 Å². The minimum Gasteiger partial charge on any atom is -0.457 e. The van der Waals surface area contributed by atoms with Gasteiger partial charge >= 0.3 is 0 Å². The van der Waals surface area contributed by atoms with Crippen LogP contribution in [-0.2, 0) is 14.6 Å². The molecule has 1 amide bonds. The van der Waals surface area contributed by atoms with Crippen LogP contribution in [0.3, 0.4) is 0 Å². The summed E-state index contributed by atoms with van der Waals surface area (Å²) >= 11 is 0. The summed E-state index contributed by atoms with van der Waals surface area (Å²) in [6.07, 6.45) is 0. The molecule has 1 atom stereocenters. The summed E-state index contributed by atoms with van der Waals surface area (Å²) in [4.78, 5) is 13.9. The Kier molecular flexibility index (Phi) is 4.65. The molecule has 0 bridgehead atoms. The monoisotopic (exact) mass is 393 g/mol. The maximum absolute atomic E-state index is 12.7. The second kappa shape index (κ2) is 7.13. The lowest BCUT2D eigenvalue weighted by molar-refractivity contribution is -0.115. The number of rotatable bonds is 4. The molecule has 0 spiro atoms. The van der Waals surface area contributed by atoms with Crippen molar-refractivity contribution in [3.8, 4) is 11.5 Å². The highest BCUT2D eigenvalue weighted by Gasteiger charge is 2.45. The molecule has 142 valence electrons. The van der Waals surface area contributed by atoms with Gasteiger partial charge in [0.05, 0.1) is 0 Å². The number of hydrogen-bond donors (Lipinski definition) is 0. The molecule has 1 aliphatic heterocycles. The number of carbonyl (C=O) groups is 1. The molecule has 0 unspecified atom stereocenters. The van der Waals surface area contributed by atoms with Crippen LogP contribution < -0.4 is 9.64 Å².